The molecule has 0 unspecified atom stereocenters. The fraction of sp³-hybridized carbons (Fsp3) is 0.0435. The number of hydrogen-bond donors (Lipinski definition) is 1. The Kier molecular flexibility index (Phi) is 5.82. The first-order chi connectivity index (χ1) is 15.6. The van der Waals surface area contributed by atoms with Crippen LogP contribution in [0.2, 0.25) is 5.02 Å². The van der Waals surface area contributed by atoms with E-state index in [4.69, 9.17) is 11.6 Å². The first kappa shape index (κ1) is 22.3. The summed E-state index contributed by atoms with van der Waals surface area (Å²) in [5, 5.41) is 1.76. The highest BCUT2D eigenvalue weighted by atomic mass is 35.5. The van der Waals surface area contributed by atoms with Crippen molar-refractivity contribution in [2.75, 3.05) is 5.32 Å². The van der Waals surface area contributed by atoms with Gasteiger partial charge in [-0.25, -0.2) is 4.39 Å². The molecule has 1 amide bonds. The van der Waals surface area contributed by atoms with E-state index in [-0.39, 0.29) is 22.4 Å². The van der Waals surface area contributed by atoms with Crippen molar-refractivity contribution in [1.82, 2.24) is 9.97 Å². The van der Waals surface area contributed by atoms with Crippen LogP contribution < -0.4 is 5.32 Å². The van der Waals surface area contributed by atoms with Gasteiger partial charge in [-0.05, 0) is 54.6 Å². The average Bonchev–Trinajstić information content (AvgIpc) is 2.78. The molecule has 10 heteroatoms. The number of rotatable bonds is 4. The predicted molar refractivity (Wildman–Crippen MR) is 114 cm³/mol. The zero-order chi connectivity index (χ0) is 23.8. The third-order valence-electron chi connectivity index (χ3n) is 4.74. The maximum absolute atomic E-state index is 14.7. The van der Waals surface area contributed by atoms with Crippen LogP contribution in [0.3, 0.4) is 0 Å². The van der Waals surface area contributed by atoms with Gasteiger partial charge < -0.3 is 5.32 Å². The van der Waals surface area contributed by atoms with Gasteiger partial charge in [-0.15, -0.1) is 0 Å². The highest BCUT2D eigenvalue weighted by Gasteiger charge is 2.33. The molecule has 0 fully saturated rings. The number of hydrogen-bond acceptors (Lipinski definition) is 4. The molecule has 0 saturated heterocycles. The summed E-state index contributed by atoms with van der Waals surface area (Å²) in [6.07, 6.45) is -1.77. The molecule has 0 bridgehead atoms. The molecule has 4 aromatic rings. The minimum atomic E-state index is -4.74. The number of nitrogens with one attached hydrogen (secondary N) is 1. The summed E-state index contributed by atoms with van der Waals surface area (Å²) in [6.45, 7) is 0. The molecule has 1 heterocycles. The molecular formula is C23H12ClF4N3O2. The van der Waals surface area contributed by atoms with Gasteiger partial charge in [-0.3, -0.25) is 19.6 Å². The summed E-state index contributed by atoms with van der Waals surface area (Å²) in [7, 11) is 0. The molecule has 5 nitrogen and oxygen atoms in total. The minimum absolute atomic E-state index is 0.0399. The van der Waals surface area contributed by atoms with Gasteiger partial charge in [0.2, 0.25) is 0 Å². The van der Waals surface area contributed by atoms with Crippen molar-refractivity contribution in [3.8, 4) is 0 Å². The van der Waals surface area contributed by atoms with Gasteiger partial charge in [0.25, 0.3) is 5.91 Å². The van der Waals surface area contributed by atoms with Crippen molar-refractivity contribution in [2.45, 2.75) is 6.18 Å². The summed E-state index contributed by atoms with van der Waals surface area (Å²) in [5.74, 6) is -2.42. The average molecular weight is 474 g/mol. The van der Waals surface area contributed by atoms with Gasteiger partial charge in [0.15, 0.2) is 5.78 Å². The van der Waals surface area contributed by atoms with Crippen LogP contribution in [0.5, 0.6) is 0 Å². The number of ketones is 1. The van der Waals surface area contributed by atoms with Gasteiger partial charge in [-0.1, -0.05) is 11.6 Å². The number of amides is 1. The second-order valence-electron chi connectivity index (χ2n) is 6.93. The Labute approximate surface area is 189 Å². The van der Waals surface area contributed by atoms with Crippen LogP contribution in [0.1, 0.15) is 31.8 Å². The lowest BCUT2D eigenvalue weighted by molar-refractivity contribution is -0.137. The molecule has 1 N–H and O–H groups in total. The Morgan fingerprint density at radius 3 is 2.24 bits per heavy atom. The molecule has 0 spiro atoms. The van der Waals surface area contributed by atoms with Crippen LogP contribution in [0.4, 0.5) is 23.2 Å². The molecule has 0 radical (unpaired) electrons. The Morgan fingerprint density at radius 1 is 0.848 bits per heavy atom. The number of benzene rings is 3. The Hall–Kier alpha value is -3.85. The first-order valence-corrected chi connectivity index (χ1v) is 9.74. The van der Waals surface area contributed by atoms with E-state index in [0.717, 1.165) is 18.2 Å². The second kappa shape index (κ2) is 8.59. The number of carbonyl (C=O) groups excluding carboxylic acids is 2. The summed E-state index contributed by atoms with van der Waals surface area (Å²) < 4.78 is 53.7. The quantitative estimate of drug-likeness (QED) is 0.295. The second-order valence-corrected chi connectivity index (χ2v) is 7.34. The Morgan fingerprint density at radius 2 is 1.55 bits per heavy atom. The van der Waals surface area contributed by atoms with E-state index < -0.39 is 34.3 Å². The van der Waals surface area contributed by atoms with E-state index in [1.807, 2.05) is 0 Å². The summed E-state index contributed by atoms with van der Waals surface area (Å²) in [5.41, 5.74) is -0.533. The monoisotopic (exact) mass is 473 g/mol. The molecule has 0 saturated carbocycles. The third kappa shape index (κ3) is 4.68. The number of aromatic nitrogens is 2. The van der Waals surface area contributed by atoms with Crippen molar-refractivity contribution < 1.29 is 27.2 Å². The van der Waals surface area contributed by atoms with Crippen molar-refractivity contribution in [3.63, 3.8) is 0 Å². The van der Waals surface area contributed by atoms with Crippen molar-refractivity contribution in [2.24, 2.45) is 0 Å². The van der Waals surface area contributed by atoms with Crippen LogP contribution in [0.25, 0.3) is 11.0 Å². The highest BCUT2D eigenvalue weighted by molar-refractivity contribution is 6.31. The molecule has 0 aliphatic carbocycles. The highest BCUT2D eigenvalue weighted by Crippen LogP contribution is 2.35. The van der Waals surface area contributed by atoms with Crippen LogP contribution in [0.15, 0.2) is 67.0 Å². The van der Waals surface area contributed by atoms with Crippen LogP contribution >= 0.6 is 11.6 Å². The van der Waals surface area contributed by atoms with Crippen LogP contribution in [-0.4, -0.2) is 21.7 Å². The number of nitrogens with zero attached hydrogens (tertiary/aromatic N) is 2. The van der Waals surface area contributed by atoms with Gasteiger partial charge in [0.1, 0.15) is 5.82 Å². The lowest BCUT2D eigenvalue weighted by atomic mass is 10.0. The Bertz CT molecular complexity index is 1410. The number of fused-ring (bicyclic) bond motifs is 1. The molecule has 0 aliphatic heterocycles. The maximum Gasteiger partial charge on any atom is 0.417 e. The molecule has 166 valence electrons. The number of alkyl halides is 3. The van der Waals surface area contributed by atoms with Crippen molar-refractivity contribution in [1.29, 1.82) is 0 Å². The van der Waals surface area contributed by atoms with E-state index in [9.17, 15) is 27.2 Å². The van der Waals surface area contributed by atoms with E-state index in [0.29, 0.717) is 17.1 Å². The largest absolute Gasteiger partial charge is 0.417 e. The molecule has 1 aromatic heterocycles. The van der Waals surface area contributed by atoms with E-state index in [2.05, 4.69) is 15.3 Å². The van der Waals surface area contributed by atoms with E-state index in [1.165, 1.54) is 36.7 Å². The molecular weight excluding hydrogens is 462 g/mol. The summed E-state index contributed by atoms with van der Waals surface area (Å²) >= 11 is 5.56. The lowest BCUT2D eigenvalue weighted by Crippen LogP contribution is -2.15. The topological polar surface area (TPSA) is 72.0 Å². The first-order valence-electron chi connectivity index (χ1n) is 9.36. The molecule has 3 aromatic carbocycles. The van der Waals surface area contributed by atoms with Crippen LogP contribution in [-0.2, 0) is 6.18 Å². The maximum atomic E-state index is 14.7. The predicted octanol–water partition coefficient (Wildman–Crippen LogP) is 5.92. The van der Waals surface area contributed by atoms with E-state index in [1.54, 1.807) is 6.07 Å². The number of anilines is 1. The fourth-order valence-electron chi connectivity index (χ4n) is 3.12. The SMILES string of the molecule is O=C(Nc1ccc(C(=O)c2ccc3nccnc3c2)c(F)c1)c1ccc(Cl)c(C(F)(F)F)c1. The molecule has 0 aliphatic rings. The van der Waals surface area contributed by atoms with Crippen molar-refractivity contribution >= 4 is 40.0 Å². The minimum Gasteiger partial charge on any atom is -0.322 e. The fourth-order valence-corrected chi connectivity index (χ4v) is 3.35. The van der Waals surface area contributed by atoms with Crippen molar-refractivity contribution in [3.05, 3.63) is 100 Å². The zero-order valence-electron chi connectivity index (χ0n) is 16.5. The van der Waals surface area contributed by atoms with Gasteiger partial charge in [0.05, 0.1) is 27.2 Å². The Balaban J connectivity index is 1.56. The summed E-state index contributed by atoms with van der Waals surface area (Å²) in [4.78, 5) is 33.3. The van der Waals surface area contributed by atoms with Crippen LogP contribution in [0, 0.1) is 5.82 Å². The molecule has 33 heavy (non-hydrogen) atoms. The number of halogens is 5. The van der Waals surface area contributed by atoms with Gasteiger partial charge >= 0.3 is 6.18 Å². The summed E-state index contributed by atoms with van der Waals surface area (Å²) in [6, 6.07) is 10.6. The smallest absolute Gasteiger partial charge is 0.322 e. The normalized spacial score (nSPS) is 11.4. The van der Waals surface area contributed by atoms with E-state index >= 15 is 0 Å². The number of carbonyl (C=O) groups is 2. The van der Waals surface area contributed by atoms with Gasteiger partial charge in [0, 0.05) is 29.2 Å². The lowest BCUT2D eigenvalue weighted by Gasteiger charge is -2.12. The van der Waals surface area contributed by atoms with Gasteiger partial charge in [-0.2, -0.15) is 13.2 Å². The molecule has 4 rings (SSSR count). The standard InChI is InChI=1S/C23H12ClF4N3O2/c24-17-5-1-13(9-16(17)23(26,27)28)22(33)31-14-3-4-15(18(25)11-14)21(32)12-2-6-19-20(10-12)30-8-7-29-19/h1-11H,(H,31,33). The zero-order valence-corrected chi connectivity index (χ0v) is 17.2. The third-order valence-corrected chi connectivity index (χ3v) is 5.07. The molecule has 0 atom stereocenters.